The molecule has 0 amide bonds. The number of methoxy groups -OCH3 is 2. The summed E-state index contributed by atoms with van der Waals surface area (Å²) in [5, 5.41) is 13.0. The van der Waals surface area contributed by atoms with E-state index in [1.54, 1.807) is 14.2 Å². The van der Waals surface area contributed by atoms with Crippen molar-refractivity contribution < 1.29 is 14.6 Å². The molecule has 0 aliphatic heterocycles. The van der Waals surface area contributed by atoms with Crippen LogP contribution in [-0.4, -0.2) is 48.8 Å². The predicted molar refractivity (Wildman–Crippen MR) is 155 cm³/mol. The largest absolute Gasteiger partial charge is 0.497 e. The minimum atomic E-state index is -0.663. The second-order valence-corrected chi connectivity index (χ2v) is 10.2. The molecule has 3 aromatic rings. The molecule has 6 heteroatoms. The van der Waals surface area contributed by atoms with Crippen molar-refractivity contribution >= 4 is 22.5 Å². The Labute approximate surface area is 227 Å². The molecule has 0 fully saturated rings. The molecule has 1 N–H and O–H groups in total. The van der Waals surface area contributed by atoms with Crippen molar-refractivity contribution in [3.8, 4) is 22.8 Å². The molecule has 1 unspecified atom stereocenters. The first-order valence-electron chi connectivity index (χ1n) is 13.7. The smallest absolute Gasteiger partial charge is 0.139 e. The number of benzene rings is 2. The third-order valence-corrected chi connectivity index (χ3v) is 7.24. The van der Waals surface area contributed by atoms with Crippen LogP contribution in [0.4, 0.5) is 0 Å². The van der Waals surface area contributed by atoms with Crippen molar-refractivity contribution in [1.82, 2.24) is 9.88 Å². The highest BCUT2D eigenvalue weighted by atomic mass is 35.5. The highest BCUT2D eigenvalue weighted by Crippen LogP contribution is 2.35. The van der Waals surface area contributed by atoms with Gasteiger partial charge in [0, 0.05) is 23.6 Å². The topological polar surface area (TPSA) is 54.8 Å². The summed E-state index contributed by atoms with van der Waals surface area (Å²) in [5.74, 6) is 1.36. The predicted octanol–water partition coefficient (Wildman–Crippen LogP) is 8.07. The van der Waals surface area contributed by atoms with Crippen LogP contribution < -0.4 is 9.47 Å². The van der Waals surface area contributed by atoms with Crippen LogP contribution in [0, 0.1) is 0 Å². The van der Waals surface area contributed by atoms with Crippen LogP contribution >= 0.6 is 11.6 Å². The number of aliphatic hydroxyl groups excluding tert-OH is 1. The average Bonchev–Trinajstić information content (AvgIpc) is 2.92. The number of pyridine rings is 1. The lowest BCUT2D eigenvalue weighted by Crippen LogP contribution is -2.31. The van der Waals surface area contributed by atoms with E-state index in [2.05, 4.69) is 18.7 Å². The van der Waals surface area contributed by atoms with Gasteiger partial charge in [-0.05, 0) is 67.9 Å². The van der Waals surface area contributed by atoms with Crippen molar-refractivity contribution in [3.05, 3.63) is 53.1 Å². The third-order valence-electron chi connectivity index (χ3n) is 6.95. The van der Waals surface area contributed by atoms with E-state index < -0.39 is 6.10 Å². The van der Waals surface area contributed by atoms with Gasteiger partial charge in [0.25, 0.3) is 0 Å². The van der Waals surface area contributed by atoms with Crippen molar-refractivity contribution in [1.29, 1.82) is 0 Å². The lowest BCUT2D eigenvalue weighted by molar-refractivity contribution is 0.111. The molecule has 1 atom stereocenters. The van der Waals surface area contributed by atoms with Crippen molar-refractivity contribution in [3.63, 3.8) is 0 Å². The summed E-state index contributed by atoms with van der Waals surface area (Å²) in [7, 11) is 3.26. The van der Waals surface area contributed by atoms with Crippen molar-refractivity contribution in [2.24, 2.45) is 0 Å². The van der Waals surface area contributed by atoms with Gasteiger partial charge in [-0.25, -0.2) is 4.98 Å². The molecule has 0 bridgehead atoms. The number of unbranched alkanes of at least 4 members (excludes halogenated alkanes) is 6. The van der Waals surface area contributed by atoms with Gasteiger partial charge in [0.05, 0.1) is 36.6 Å². The van der Waals surface area contributed by atoms with E-state index in [4.69, 9.17) is 26.1 Å². The quantitative estimate of drug-likeness (QED) is 0.191. The molecule has 0 saturated heterocycles. The number of halogens is 1. The van der Waals surface area contributed by atoms with E-state index in [1.165, 1.54) is 38.5 Å². The first kappa shape index (κ1) is 29.2. The van der Waals surface area contributed by atoms with Crippen LogP contribution in [0.25, 0.3) is 22.2 Å². The number of hydrogen-bond acceptors (Lipinski definition) is 5. The number of ether oxygens (including phenoxy) is 2. The fourth-order valence-corrected chi connectivity index (χ4v) is 5.00. The number of rotatable bonds is 16. The van der Waals surface area contributed by atoms with Gasteiger partial charge in [0.15, 0.2) is 0 Å². The second-order valence-electron chi connectivity index (χ2n) is 9.77. The molecule has 37 heavy (non-hydrogen) atoms. The number of hydrogen-bond donors (Lipinski definition) is 1. The molecule has 3 rings (SSSR count). The first-order chi connectivity index (χ1) is 18.0. The fourth-order valence-electron chi connectivity index (χ4n) is 4.76. The lowest BCUT2D eigenvalue weighted by atomic mass is 9.99. The number of aliphatic hydroxyl groups is 1. The number of aromatic nitrogens is 1. The summed E-state index contributed by atoms with van der Waals surface area (Å²) in [6, 6.07) is 13.6. The maximum absolute atomic E-state index is 11.6. The van der Waals surface area contributed by atoms with Gasteiger partial charge in [0.2, 0.25) is 0 Å². The standard InChI is InChI=1S/C31H43ClN2O3/c1-5-7-9-11-17-34(18-12-10-8-6-2)22-30(35)26-20-28(23-13-15-24(36-3)16-14-23)33-29-21-31(37-4)27(32)19-25(26)29/h13-16,19-21,30,35H,5-12,17-18,22H2,1-4H3. The molecular formula is C31H43ClN2O3. The van der Waals surface area contributed by atoms with Gasteiger partial charge in [-0.2, -0.15) is 0 Å². The summed E-state index contributed by atoms with van der Waals surface area (Å²) in [4.78, 5) is 7.34. The first-order valence-corrected chi connectivity index (χ1v) is 14.1. The molecule has 0 spiro atoms. The van der Waals surface area contributed by atoms with Crippen LogP contribution in [-0.2, 0) is 0 Å². The Morgan fingerprint density at radius 1 is 0.865 bits per heavy atom. The van der Waals surface area contributed by atoms with E-state index in [9.17, 15) is 5.11 Å². The molecule has 0 saturated carbocycles. The van der Waals surface area contributed by atoms with Gasteiger partial charge in [-0.15, -0.1) is 0 Å². The number of nitrogens with zero attached hydrogens (tertiary/aromatic N) is 2. The molecule has 0 aliphatic rings. The third kappa shape index (κ3) is 8.33. The molecule has 0 radical (unpaired) electrons. The Kier molecular flexibility index (Phi) is 12.0. The second kappa shape index (κ2) is 15.2. The highest BCUT2D eigenvalue weighted by Gasteiger charge is 2.20. The molecule has 2 aromatic carbocycles. The fraction of sp³-hybridized carbons (Fsp3) is 0.516. The van der Waals surface area contributed by atoms with Crippen LogP contribution in [0.15, 0.2) is 42.5 Å². The summed E-state index contributed by atoms with van der Waals surface area (Å²) in [6.45, 7) is 7.07. The van der Waals surface area contributed by atoms with E-state index in [-0.39, 0.29) is 0 Å². The van der Waals surface area contributed by atoms with Crippen LogP contribution in [0.5, 0.6) is 11.5 Å². The SMILES string of the molecule is CCCCCCN(CCCCCC)CC(O)c1cc(-c2ccc(OC)cc2)nc2cc(OC)c(Cl)cc12. The molecule has 202 valence electrons. The Morgan fingerprint density at radius 2 is 1.51 bits per heavy atom. The summed E-state index contributed by atoms with van der Waals surface area (Å²) in [6.07, 6.45) is 9.07. The molecule has 0 aliphatic carbocycles. The Balaban J connectivity index is 1.94. The van der Waals surface area contributed by atoms with Gasteiger partial charge in [-0.1, -0.05) is 64.0 Å². The average molecular weight is 527 g/mol. The van der Waals surface area contributed by atoms with Crippen molar-refractivity contribution in [2.75, 3.05) is 33.9 Å². The highest BCUT2D eigenvalue weighted by molar-refractivity contribution is 6.32. The maximum Gasteiger partial charge on any atom is 0.139 e. The van der Waals surface area contributed by atoms with E-state index in [0.29, 0.717) is 17.3 Å². The molecule has 1 heterocycles. The van der Waals surface area contributed by atoms with Gasteiger partial charge >= 0.3 is 0 Å². The zero-order chi connectivity index (χ0) is 26.6. The van der Waals surface area contributed by atoms with Gasteiger partial charge in [0.1, 0.15) is 11.5 Å². The summed E-state index contributed by atoms with van der Waals surface area (Å²) >= 11 is 6.51. The maximum atomic E-state index is 11.6. The zero-order valence-electron chi connectivity index (χ0n) is 22.9. The molecular weight excluding hydrogens is 484 g/mol. The minimum Gasteiger partial charge on any atom is -0.497 e. The minimum absolute atomic E-state index is 0.512. The van der Waals surface area contributed by atoms with E-state index in [0.717, 1.165) is 59.4 Å². The van der Waals surface area contributed by atoms with Crippen molar-refractivity contribution in [2.45, 2.75) is 71.3 Å². The van der Waals surface area contributed by atoms with E-state index in [1.807, 2.05) is 42.5 Å². The lowest BCUT2D eigenvalue weighted by Gasteiger charge is -2.26. The van der Waals surface area contributed by atoms with Gasteiger partial charge in [-0.3, -0.25) is 0 Å². The normalized spacial score (nSPS) is 12.3. The van der Waals surface area contributed by atoms with Crippen LogP contribution in [0.3, 0.4) is 0 Å². The van der Waals surface area contributed by atoms with Crippen LogP contribution in [0.1, 0.15) is 76.9 Å². The molecule has 5 nitrogen and oxygen atoms in total. The summed E-state index contributed by atoms with van der Waals surface area (Å²) < 4.78 is 10.8. The Morgan fingerprint density at radius 3 is 2.08 bits per heavy atom. The monoisotopic (exact) mass is 526 g/mol. The zero-order valence-corrected chi connectivity index (χ0v) is 23.7. The Bertz CT molecular complexity index is 1090. The number of fused-ring (bicyclic) bond motifs is 1. The van der Waals surface area contributed by atoms with Gasteiger partial charge < -0.3 is 19.5 Å². The molecule has 1 aromatic heterocycles. The van der Waals surface area contributed by atoms with Crippen LogP contribution in [0.2, 0.25) is 5.02 Å². The summed E-state index contributed by atoms with van der Waals surface area (Å²) in [5.41, 5.74) is 3.35. The Hall–Kier alpha value is -2.34. The van der Waals surface area contributed by atoms with E-state index >= 15 is 0 Å².